The zero-order valence-corrected chi connectivity index (χ0v) is 24.1. The summed E-state index contributed by atoms with van der Waals surface area (Å²) in [5.74, 6) is -0.161. The molecule has 202 valence electrons. The van der Waals surface area contributed by atoms with Crippen LogP contribution in [0.5, 0.6) is 0 Å². The Hall–Kier alpha value is -1.26. The van der Waals surface area contributed by atoms with E-state index in [9.17, 15) is 19.2 Å². The standard InChI is InChI=1S/C25H44N2O6S2/c1-8-9-10-22(31)32-18-25(6,7)35-34-16-14-24(4,5)33-15-13-23(2,3)26-19(28)17-27-20(29)11-12-21(27)30/h8-18H2,1-7H3,(H,26,28). The Labute approximate surface area is 218 Å². The maximum absolute atomic E-state index is 12.3. The molecule has 0 atom stereocenters. The zero-order valence-electron chi connectivity index (χ0n) is 22.5. The second-order valence-corrected chi connectivity index (χ2v) is 14.0. The van der Waals surface area contributed by atoms with Gasteiger partial charge in [-0.1, -0.05) is 34.9 Å². The summed E-state index contributed by atoms with van der Waals surface area (Å²) in [6.45, 7) is 14.7. The zero-order chi connectivity index (χ0) is 26.7. The van der Waals surface area contributed by atoms with E-state index in [1.165, 1.54) is 0 Å². The number of rotatable bonds is 17. The summed E-state index contributed by atoms with van der Waals surface area (Å²) in [5.41, 5.74) is -0.846. The molecule has 1 N–H and O–H groups in total. The summed E-state index contributed by atoms with van der Waals surface area (Å²) in [6, 6.07) is 0. The normalized spacial score (nSPS) is 15.0. The second-order valence-electron chi connectivity index (χ2n) is 10.8. The van der Waals surface area contributed by atoms with Crippen molar-refractivity contribution < 1.29 is 28.7 Å². The number of unbranched alkanes of at least 4 members (excludes halogenated alkanes) is 1. The van der Waals surface area contributed by atoms with Crippen LogP contribution in [0.15, 0.2) is 0 Å². The number of ether oxygens (including phenoxy) is 2. The van der Waals surface area contributed by atoms with Crippen molar-refractivity contribution >= 4 is 45.3 Å². The van der Waals surface area contributed by atoms with Gasteiger partial charge in [0.1, 0.15) is 13.2 Å². The number of carbonyl (C=O) groups is 4. The molecule has 1 fully saturated rings. The van der Waals surface area contributed by atoms with E-state index >= 15 is 0 Å². The first-order valence-electron chi connectivity index (χ1n) is 12.4. The van der Waals surface area contributed by atoms with Gasteiger partial charge in [0.15, 0.2) is 0 Å². The topological polar surface area (TPSA) is 102 Å². The molecule has 0 aromatic heterocycles. The third-order valence-electron chi connectivity index (χ3n) is 5.54. The summed E-state index contributed by atoms with van der Waals surface area (Å²) in [4.78, 5) is 48.5. The van der Waals surface area contributed by atoms with Gasteiger partial charge < -0.3 is 14.8 Å². The molecular formula is C25H44N2O6S2. The predicted octanol–water partition coefficient (Wildman–Crippen LogP) is 4.50. The molecule has 8 nitrogen and oxygen atoms in total. The van der Waals surface area contributed by atoms with Gasteiger partial charge in [-0.25, -0.2) is 0 Å². The van der Waals surface area contributed by atoms with E-state index in [-0.39, 0.29) is 53.4 Å². The van der Waals surface area contributed by atoms with Crippen LogP contribution in [0.3, 0.4) is 0 Å². The van der Waals surface area contributed by atoms with Crippen molar-refractivity contribution in [1.29, 1.82) is 0 Å². The fraction of sp³-hybridized carbons (Fsp3) is 0.840. The van der Waals surface area contributed by atoms with Gasteiger partial charge in [-0.3, -0.25) is 24.1 Å². The molecule has 0 unspecified atom stereocenters. The Morgan fingerprint density at radius 3 is 2.26 bits per heavy atom. The van der Waals surface area contributed by atoms with E-state index in [1.807, 2.05) is 13.8 Å². The van der Waals surface area contributed by atoms with E-state index in [1.54, 1.807) is 21.6 Å². The smallest absolute Gasteiger partial charge is 0.305 e. The van der Waals surface area contributed by atoms with Crippen LogP contribution in [-0.2, 0) is 28.7 Å². The van der Waals surface area contributed by atoms with Crippen LogP contribution in [0, 0.1) is 0 Å². The lowest BCUT2D eigenvalue weighted by Crippen LogP contribution is -2.49. The highest BCUT2D eigenvalue weighted by Gasteiger charge is 2.32. The Morgan fingerprint density at radius 2 is 1.66 bits per heavy atom. The Kier molecular flexibility index (Phi) is 13.1. The molecule has 0 aromatic rings. The average Bonchev–Trinajstić information content (AvgIpc) is 3.05. The molecule has 0 saturated carbocycles. The van der Waals surface area contributed by atoms with Gasteiger partial charge in [0.05, 0.1) is 10.3 Å². The first-order valence-corrected chi connectivity index (χ1v) is 14.7. The number of nitrogens with one attached hydrogen (secondary N) is 1. The Bertz CT molecular complexity index is 723. The van der Waals surface area contributed by atoms with E-state index in [4.69, 9.17) is 9.47 Å². The van der Waals surface area contributed by atoms with E-state index in [2.05, 4.69) is 39.9 Å². The van der Waals surface area contributed by atoms with E-state index in [0.717, 1.165) is 29.9 Å². The van der Waals surface area contributed by atoms with Crippen molar-refractivity contribution in [3.05, 3.63) is 0 Å². The van der Waals surface area contributed by atoms with Crippen LogP contribution in [0.2, 0.25) is 0 Å². The first-order chi connectivity index (χ1) is 16.2. The molecular weight excluding hydrogens is 488 g/mol. The molecule has 35 heavy (non-hydrogen) atoms. The van der Waals surface area contributed by atoms with Crippen LogP contribution >= 0.6 is 21.6 Å². The van der Waals surface area contributed by atoms with E-state index in [0.29, 0.717) is 26.1 Å². The largest absolute Gasteiger partial charge is 0.464 e. The SMILES string of the molecule is CCCCC(=O)OCC(C)(C)SSCCC(C)(C)OCCC(C)(C)NC(=O)CN1C(=O)CCC1=O. The first kappa shape index (κ1) is 31.8. The number of amides is 3. The number of imide groups is 1. The number of hydrogen-bond donors (Lipinski definition) is 1. The number of nitrogens with zero attached hydrogens (tertiary/aromatic N) is 1. The number of likely N-dealkylation sites (tertiary alicyclic amines) is 1. The molecule has 1 aliphatic rings. The predicted molar refractivity (Wildman–Crippen MR) is 142 cm³/mol. The van der Waals surface area contributed by atoms with Gasteiger partial charge in [-0.15, -0.1) is 0 Å². The van der Waals surface area contributed by atoms with Crippen LogP contribution in [0.4, 0.5) is 0 Å². The fourth-order valence-electron chi connectivity index (χ4n) is 3.24. The van der Waals surface area contributed by atoms with Crippen LogP contribution in [-0.4, -0.2) is 70.0 Å². The Morgan fingerprint density at radius 1 is 1.03 bits per heavy atom. The van der Waals surface area contributed by atoms with Gasteiger partial charge in [-0.05, 0) is 60.8 Å². The van der Waals surface area contributed by atoms with Gasteiger partial charge in [-0.2, -0.15) is 0 Å². The molecule has 0 aliphatic carbocycles. The second kappa shape index (κ2) is 14.5. The van der Waals surface area contributed by atoms with Crippen molar-refractivity contribution in [2.45, 2.75) is 109 Å². The summed E-state index contributed by atoms with van der Waals surface area (Å²) >= 11 is 0. The minimum Gasteiger partial charge on any atom is -0.464 e. The van der Waals surface area contributed by atoms with Crippen molar-refractivity contribution in [3.8, 4) is 0 Å². The van der Waals surface area contributed by atoms with Gasteiger partial charge >= 0.3 is 5.97 Å². The molecule has 10 heteroatoms. The lowest BCUT2D eigenvalue weighted by molar-refractivity contribution is -0.144. The van der Waals surface area contributed by atoms with Crippen LogP contribution < -0.4 is 5.32 Å². The maximum atomic E-state index is 12.3. The Balaban J connectivity index is 2.28. The van der Waals surface area contributed by atoms with Crippen LogP contribution in [0.1, 0.15) is 93.4 Å². The molecule has 0 radical (unpaired) electrons. The maximum Gasteiger partial charge on any atom is 0.305 e. The monoisotopic (exact) mass is 532 g/mol. The molecule has 0 aromatic carbocycles. The van der Waals surface area contributed by atoms with E-state index < -0.39 is 5.54 Å². The lowest BCUT2D eigenvalue weighted by atomic mass is 10.0. The third kappa shape index (κ3) is 13.6. The highest BCUT2D eigenvalue weighted by atomic mass is 33.1. The molecule has 1 aliphatic heterocycles. The summed E-state index contributed by atoms with van der Waals surface area (Å²) in [6.07, 6.45) is 4.13. The minimum atomic E-state index is -0.526. The highest BCUT2D eigenvalue weighted by molar-refractivity contribution is 8.77. The van der Waals surface area contributed by atoms with Crippen molar-refractivity contribution in [3.63, 3.8) is 0 Å². The van der Waals surface area contributed by atoms with Crippen molar-refractivity contribution in [2.24, 2.45) is 0 Å². The molecule has 1 saturated heterocycles. The molecule has 0 bridgehead atoms. The lowest BCUT2D eigenvalue weighted by Gasteiger charge is -2.31. The van der Waals surface area contributed by atoms with Crippen molar-refractivity contribution in [1.82, 2.24) is 10.2 Å². The van der Waals surface area contributed by atoms with Gasteiger partial charge in [0, 0.05) is 37.2 Å². The molecule has 1 heterocycles. The molecule has 3 amide bonds. The summed E-state index contributed by atoms with van der Waals surface area (Å²) in [5, 5.41) is 2.90. The third-order valence-corrected chi connectivity index (χ3v) is 8.81. The average molecular weight is 533 g/mol. The summed E-state index contributed by atoms with van der Waals surface area (Å²) < 4.78 is 11.3. The minimum absolute atomic E-state index is 0.128. The summed E-state index contributed by atoms with van der Waals surface area (Å²) in [7, 11) is 3.47. The number of hydrogen-bond acceptors (Lipinski definition) is 8. The molecule has 0 spiro atoms. The number of esters is 1. The fourth-order valence-corrected chi connectivity index (χ4v) is 5.92. The highest BCUT2D eigenvalue weighted by Crippen LogP contribution is 2.37. The van der Waals surface area contributed by atoms with Gasteiger partial charge in [0.2, 0.25) is 17.7 Å². The van der Waals surface area contributed by atoms with Gasteiger partial charge in [0.25, 0.3) is 0 Å². The van der Waals surface area contributed by atoms with Crippen molar-refractivity contribution in [2.75, 3.05) is 25.5 Å². The molecule has 1 rings (SSSR count). The quantitative estimate of drug-likeness (QED) is 0.126. The number of carbonyl (C=O) groups excluding carboxylic acids is 4. The van der Waals surface area contributed by atoms with Crippen LogP contribution in [0.25, 0.3) is 0 Å².